The van der Waals surface area contributed by atoms with E-state index in [0.717, 1.165) is 23.4 Å². The van der Waals surface area contributed by atoms with E-state index in [0.29, 0.717) is 18.6 Å². The van der Waals surface area contributed by atoms with Crippen molar-refractivity contribution in [2.75, 3.05) is 0 Å². The van der Waals surface area contributed by atoms with Gasteiger partial charge in [0.25, 0.3) is 0 Å². The molecule has 2 aromatic heterocycles. The summed E-state index contributed by atoms with van der Waals surface area (Å²) in [6, 6.07) is 0. The molecule has 0 saturated carbocycles. The first-order chi connectivity index (χ1) is 8.15. The second kappa shape index (κ2) is 3.55. The molecule has 0 fully saturated rings. The van der Waals surface area contributed by atoms with Crippen LogP contribution in [-0.2, 0) is 17.6 Å². The van der Waals surface area contributed by atoms with E-state index in [2.05, 4.69) is 9.97 Å². The number of aliphatic carboxylic acids is 1. The molecular weight excluding hydrogens is 218 g/mol. The van der Waals surface area contributed by atoms with Crippen molar-refractivity contribution < 1.29 is 9.90 Å². The number of carboxylic acid groups (broad SMARTS) is 1. The maximum absolute atomic E-state index is 11.0. The predicted octanol–water partition coefficient (Wildman–Crippen LogP) is 1.23. The van der Waals surface area contributed by atoms with Gasteiger partial charge in [0.15, 0.2) is 0 Å². The third kappa shape index (κ3) is 1.58. The van der Waals surface area contributed by atoms with Crippen molar-refractivity contribution in [2.45, 2.75) is 26.2 Å². The topological polar surface area (TPSA) is 67.5 Å². The molecule has 1 aliphatic rings. The van der Waals surface area contributed by atoms with Crippen molar-refractivity contribution >= 4 is 11.7 Å². The summed E-state index contributed by atoms with van der Waals surface area (Å²) in [7, 11) is 0. The summed E-state index contributed by atoms with van der Waals surface area (Å²) in [4.78, 5) is 19.8. The van der Waals surface area contributed by atoms with Gasteiger partial charge in [0, 0.05) is 24.5 Å². The Hall–Kier alpha value is -1.91. The molecule has 1 N–H and O–H groups in total. The maximum Gasteiger partial charge on any atom is 0.306 e. The molecule has 5 heteroatoms. The highest BCUT2D eigenvalue weighted by Gasteiger charge is 2.27. The second-order valence-corrected chi connectivity index (χ2v) is 4.58. The lowest BCUT2D eigenvalue weighted by atomic mass is 9.90. The van der Waals surface area contributed by atoms with Crippen LogP contribution in [0.1, 0.15) is 23.4 Å². The number of nitrogens with zero attached hydrogens (tertiary/aromatic N) is 3. The van der Waals surface area contributed by atoms with Crippen molar-refractivity contribution in [2.24, 2.45) is 5.92 Å². The van der Waals surface area contributed by atoms with Gasteiger partial charge in [0.2, 0.25) is 5.78 Å². The third-order valence-electron chi connectivity index (χ3n) is 3.31. The van der Waals surface area contributed by atoms with E-state index in [-0.39, 0.29) is 5.92 Å². The summed E-state index contributed by atoms with van der Waals surface area (Å²) in [6.45, 7) is 1.97. The zero-order valence-electron chi connectivity index (χ0n) is 9.55. The van der Waals surface area contributed by atoms with Gasteiger partial charge in [0.1, 0.15) is 0 Å². The van der Waals surface area contributed by atoms with Gasteiger partial charge in [-0.15, -0.1) is 0 Å². The summed E-state index contributed by atoms with van der Waals surface area (Å²) < 4.78 is 1.93. The molecule has 3 rings (SSSR count). The summed E-state index contributed by atoms with van der Waals surface area (Å²) in [5.41, 5.74) is 3.06. The predicted molar refractivity (Wildman–Crippen MR) is 60.9 cm³/mol. The lowest BCUT2D eigenvalue weighted by molar-refractivity contribution is -0.142. The number of aromatic nitrogens is 3. The van der Waals surface area contributed by atoms with Gasteiger partial charge in [-0.25, -0.2) is 9.97 Å². The highest BCUT2D eigenvalue weighted by molar-refractivity contribution is 5.70. The number of fused-ring (bicyclic) bond motifs is 3. The molecule has 5 nitrogen and oxygen atoms in total. The number of carbonyl (C=O) groups is 1. The average Bonchev–Trinajstić information content (AvgIpc) is 2.66. The number of aryl methyl sites for hydroxylation is 2. The smallest absolute Gasteiger partial charge is 0.306 e. The number of hydrogen-bond donors (Lipinski definition) is 1. The molecule has 0 bridgehead atoms. The highest BCUT2D eigenvalue weighted by Crippen LogP contribution is 2.26. The molecule has 17 heavy (non-hydrogen) atoms. The molecule has 0 radical (unpaired) electrons. The second-order valence-electron chi connectivity index (χ2n) is 4.58. The lowest BCUT2D eigenvalue weighted by Gasteiger charge is -2.17. The van der Waals surface area contributed by atoms with Gasteiger partial charge >= 0.3 is 5.97 Å². The Bertz CT molecular complexity index is 603. The Morgan fingerprint density at radius 3 is 3.18 bits per heavy atom. The number of carboxylic acids is 1. The van der Waals surface area contributed by atoms with Crippen LogP contribution in [0.2, 0.25) is 0 Å². The van der Waals surface area contributed by atoms with E-state index in [4.69, 9.17) is 5.11 Å². The average molecular weight is 231 g/mol. The fraction of sp³-hybridized carbons (Fsp3) is 0.417. The minimum absolute atomic E-state index is 0.289. The fourth-order valence-corrected chi connectivity index (χ4v) is 2.40. The molecule has 2 heterocycles. The van der Waals surface area contributed by atoms with Gasteiger partial charge in [-0.1, -0.05) is 0 Å². The zero-order chi connectivity index (χ0) is 12.0. The summed E-state index contributed by atoms with van der Waals surface area (Å²) in [5.74, 6) is -0.333. The molecule has 0 spiro atoms. The molecule has 0 aromatic carbocycles. The van der Waals surface area contributed by atoms with Crippen LogP contribution in [0.15, 0.2) is 12.4 Å². The zero-order valence-corrected chi connectivity index (χ0v) is 9.55. The lowest BCUT2D eigenvalue weighted by Crippen LogP contribution is -2.22. The van der Waals surface area contributed by atoms with E-state index in [9.17, 15) is 4.79 Å². The summed E-state index contributed by atoms with van der Waals surface area (Å²) in [6.07, 6.45) is 5.71. The molecule has 0 saturated heterocycles. The van der Waals surface area contributed by atoms with Crippen LogP contribution in [0.25, 0.3) is 5.78 Å². The number of imidazole rings is 1. The van der Waals surface area contributed by atoms with Crippen LogP contribution in [0, 0.1) is 12.8 Å². The quantitative estimate of drug-likeness (QED) is 0.801. The molecule has 88 valence electrons. The van der Waals surface area contributed by atoms with Gasteiger partial charge in [0.05, 0.1) is 11.6 Å². The molecular formula is C12H13N3O2. The van der Waals surface area contributed by atoms with Crippen LogP contribution >= 0.6 is 0 Å². The SMILES string of the molecule is Cc1cnc2nc3c(n2c1)CC(C(=O)O)CC3. The Morgan fingerprint density at radius 2 is 2.41 bits per heavy atom. The van der Waals surface area contributed by atoms with E-state index in [1.165, 1.54) is 0 Å². The normalized spacial score (nSPS) is 19.2. The standard InChI is InChI=1S/C12H13N3O2/c1-7-5-13-12-14-9-3-2-8(11(16)17)4-10(9)15(12)6-7/h5-6,8H,2-4H2,1H3,(H,16,17). The first-order valence-electron chi connectivity index (χ1n) is 5.70. The molecule has 1 aliphatic carbocycles. The Labute approximate surface area is 98.1 Å². The number of rotatable bonds is 1. The van der Waals surface area contributed by atoms with Crippen LogP contribution in [-0.4, -0.2) is 25.4 Å². The summed E-state index contributed by atoms with van der Waals surface area (Å²) in [5, 5.41) is 9.08. The Balaban J connectivity index is 2.13. The first-order valence-corrected chi connectivity index (χ1v) is 5.70. The first kappa shape index (κ1) is 10.3. The number of hydrogen-bond acceptors (Lipinski definition) is 3. The minimum atomic E-state index is -0.716. The summed E-state index contributed by atoms with van der Waals surface area (Å²) >= 11 is 0. The minimum Gasteiger partial charge on any atom is -0.481 e. The molecule has 2 aromatic rings. The van der Waals surface area contributed by atoms with E-state index >= 15 is 0 Å². The Kier molecular flexibility index (Phi) is 2.14. The molecule has 1 atom stereocenters. The van der Waals surface area contributed by atoms with Gasteiger partial charge in [-0.05, 0) is 25.3 Å². The molecule has 0 aliphatic heterocycles. The van der Waals surface area contributed by atoms with Crippen molar-refractivity contribution in [1.29, 1.82) is 0 Å². The van der Waals surface area contributed by atoms with Gasteiger partial charge < -0.3 is 5.11 Å². The monoisotopic (exact) mass is 231 g/mol. The maximum atomic E-state index is 11.0. The van der Waals surface area contributed by atoms with Crippen molar-refractivity contribution in [3.8, 4) is 0 Å². The Morgan fingerprint density at radius 1 is 1.59 bits per heavy atom. The van der Waals surface area contributed by atoms with Crippen LogP contribution in [0.4, 0.5) is 0 Å². The van der Waals surface area contributed by atoms with Crippen molar-refractivity contribution in [3.63, 3.8) is 0 Å². The van der Waals surface area contributed by atoms with Crippen LogP contribution < -0.4 is 0 Å². The van der Waals surface area contributed by atoms with Gasteiger partial charge in [-0.3, -0.25) is 9.20 Å². The molecule has 0 amide bonds. The largest absolute Gasteiger partial charge is 0.481 e. The van der Waals surface area contributed by atoms with Crippen LogP contribution in [0.5, 0.6) is 0 Å². The van der Waals surface area contributed by atoms with Crippen molar-refractivity contribution in [1.82, 2.24) is 14.4 Å². The van der Waals surface area contributed by atoms with Crippen molar-refractivity contribution in [3.05, 3.63) is 29.3 Å². The van der Waals surface area contributed by atoms with E-state index in [1.807, 2.05) is 17.5 Å². The highest BCUT2D eigenvalue weighted by atomic mass is 16.4. The fourth-order valence-electron chi connectivity index (χ4n) is 2.40. The van der Waals surface area contributed by atoms with Gasteiger partial charge in [-0.2, -0.15) is 0 Å². The van der Waals surface area contributed by atoms with E-state index in [1.54, 1.807) is 6.20 Å². The molecule has 1 unspecified atom stereocenters. The van der Waals surface area contributed by atoms with E-state index < -0.39 is 5.97 Å². The third-order valence-corrected chi connectivity index (χ3v) is 3.31. The van der Waals surface area contributed by atoms with Crippen LogP contribution in [0.3, 0.4) is 0 Å².